The highest BCUT2D eigenvalue weighted by Crippen LogP contribution is 2.23. The molecule has 0 saturated carbocycles. The first-order chi connectivity index (χ1) is 12.9. The van der Waals surface area contributed by atoms with Gasteiger partial charge in [-0.15, -0.1) is 0 Å². The number of hydrogen-bond donors (Lipinski definition) is 0. The van der Waals surface area contributed by atoms with Crippen LogP contribution in [0.25, 0.3) is 10.2 Å². The Morgan fingerprint density at radius 3 is 2.78 bits per heavy atom. The van der Waals surface area contributed by atoms with Gasteiger partial charge in [-0.1, -0.05) is 23.5 Å². The molecule has 3 aromatic rings. The summed E-state index contributed by atoms with van der Waals surface area (Å²) in [7, 11) is 1.62. The van der Waals surface area contributed by atoms with Gasteiger partial charge in [-0.25, -0.2) is 0 Å². The number of benzene rings is 2. The zero-order valence-corrected chi connectivity index (χ0v) is 16.1. The fraction of sp³-hybridized carbons (Fsp3) is 0.263. The average Bonchev–Trinajstić information content (AvgIpc) is 2.97. The number of nitro groups is 1. The lowest BCUT2D eigenvalue weighted by Gasteiger charge is -2.06. The van der Waals surface area contributed by atoms with Gasteiger partial charge in [-0.2, -0.15) is 4.99 Å². The molecule has 0 radical (unpaired) electrons. The number of aromatic nitrogens is 1. The van der Waals surface area contributed by atoms with Gasteiger partial charge in [0.15, 0.2) is 4.80 Å². The van der Waals surface area contributed by atoms with Crippen molar-refractivity contribution in [2.75, 3.05) is 13.7 Å². The highest BCUT2D eigenvalue weighted by Gasteiger charge is 2.13. The zero-order valence-electron chi connectivity index (χ0n) is 15.3. The molecule has 1 heterocycles. The number of fused-ring (bicyclic) bond motifs is 1. The fourth-order valence-electron chi connectivity index (χ4n) is 2.90. The maximum absolute atomic E-state index is 12.6. The molecule has 3 rings (SSSR count). The molecule has 0 bridgehead atoms. The number of nitro benzene ring substituents is 1. The van der Waals surface area contributed by atoms with E-state index in [1.807, 2.05) is 18.4 Å². The summed E-state index contributed by atoms with van der Waals surface area (Å²) < 4.78 is 8.21. The first-order valence-electron chi connectivity index (χ1n) is 8.33. The minimum atomic E-state index is -0.527. The topological polar surface area (TPSA) is 86.7 Å². The van der Waals surface area contributed by atoms with Crippen molar-refractivity contribution in [3.8, 4) is 0 Å². The fourth-order valence-corrected chi connectivity index (χ4v) is 4.00. The Kier molecular flexibility index (Phi) is 5.48. The molecular weight excluding hydrogens is 366 g/mol. The summed E-state index contributed by atoms with van der Waals surface area (Å²) in [6, 6.07) is 9.76. The molecular formula is C19H19N3O4S. The maximum atomic E-state index is 12.6. The summed E-state index contributed by atoms with van der Waals surface area (Å²) in [6.07, 6.45) is 0. The van der Waals surface area contributed by atoms with Crippen molar-refractivity contribution in [2.45, 2.75) is 20.4 Å². The summed E-state index contributed by atoms with van der Waals surface area (Å²) in [5.41, 5.74) is 3.30. The third-order valence-corrected chi connectivity index (χ3v) is 5.36. The minimum absolute atomic E-state index is 0.133. The molecule has 0 saturated heterocycles. The molecule has 0 aliphatic carbocycles. The van der Waals surface area contributed by atoms with Crippen LogP contribution in [0.2, 0.25) is 0 Å². The van der Waals surface area contributed by atoms with Crippen molar-refractivity contribution < 1.29 is 14.5 Å². The van der Waals surface area contributed by atoms with Gasteiger partial charge >= 0.3 is 0 Å². The molecule has 8 heteroatoms. The van der Waals surface area contributed by atoms with Gasteiger partial charge in [0.2, 0.25) is 0 Å². The summed E-state index contributed by atoms with van der Waals surface area (Å²) >= 11 is 1.43. The molecule has 0 N–H and O–H groups in total. The molecule has 140 valence electrons. The summed E-state index contributed by atoms with van der Waals surface area (Å²) in [5.74, 6) is -0.509. The van der Waals surface area contributed by atoms with Crippen LogP contribution in [0.4, 0.5) is 5.69 Å². The Bertz CT molecular complexity index is 1100. The van der Waals surface area contributed by atoms with E-state index in [1.165, 1.54) is 35.6 Å². The molecule has 0 aliphatic rings. The number of ether oxygens (including phenoxy) is 1. The van der Waals surface area contributed by atoms with Crippen LogP contribution in [0.15, 0.2) is 41.4 Å². The number of methoxy groups -OCH3 is 1. The van der Waals surface area contributed by atoms with Crippen LogP contribution in [0, 0.1) is 24.0 Å². The second-order valence-corrected chi connectivity index (χ2v) is 7.16. The lowest BCUT2D eigenvalue weighted by molar-refractivity contribution is -0.384. The van der Waals surface area contributed by atoms with E-state index in [0.717, 1.165) is 21.3 Å². The number of carbonyl (C=O) groups is 1. The first kappa shape index (κ1) is 18.9. The van der Waals surface area contributed by atoms with E-state index in [2.05, 4.69) is 17.1 Å². The number of nitrogens with zero attached hydrogens (tertiary/aromatic N) is 3. The zero-order chi connectivity index (χ0) is 19.6. The van der Waals surface area contributed by atoms with Crippen LogP contribution in [0.1, 0.15) is 21.5 Å². The predicted octanol–water partition coefficient (Wildman–Crippen LogP) is 3.62. The molecule has 0 spiro atoms. The Morgan fingerprint density at radius 2 is 2.07 bits per heavy atom. The number of non-ortho nitro benzene ring substituents is 1. The number of carbonyl (C=O) groups excluding carboxylic acids is 1. The number of amides is 1. The maximum Gasteiger partial charge on any atom is 0.279 e. The van der Waals surface area contributed by atoms with Gasteiger partial charge in [0, 0.05) is 31.4 Å². The quantitative estimate of drug-likeness (QED) is 0.496. The second-order valence-electron chi connectivity index (χ2n) is 6.18. The summed E-state index contributed by atoms with van der Waals surface area (Å²) in [6.45, 7) is 5.09. The van der Waals surface area contributed by atoms with E-state index in [1.54, 1.807) is 7.11 Å². The Balaban J connectivity index is 2.14. The normalized spacial score (nSPS) is 11.9. The Labute approximate surface area is 159 Å². The SMILES string of the molecule is COCCn1c(=NC(=O)c2cccc([N+](=O)[O-])c2)sc2c(C)cc(C)cc21. The highest BCUT2D eigenvalue weighted by molar-refractivity contribution is 7.16. The molecule has 1 amide bonds. The Hall–Kier alpha value is -2.84. The van der Waals surface area contributed by atoms with Crippen molar-refractivity contribution >= 4 is 33.1 Å². The highest BCUT2D eigenvalue weighted by atomic mass is 32.1. The van der Waals surface area contributed by atoms with E-state index in [0.29, 0.717) is 18.0 Å². The lowest BCUT2D eigenvalue weighted by atomic mass is 10.1. The average molecular weight is 385 g/mol. The number of rotatable bonds is 5. The Morgan fingerprint density at radius 1 is 1.30 bits per heavy atom. The minimum Gasteiger partial charge on any atom is -0.383 e. The molecule has 0 unspecified atom stereocenters. The van der Waals surface area contributed by atoms with Gasteiger partial charge in [0.05, 0.1) is 21.7 Å². The lowest BCUT2D eigenvalue weighted by Crippen LogP contribution is -2.19. The molecule has 7 nitrogen and oxygen atoms in total. The standard InChI is InChI=1S/C19H19N3O4S/c1-12-9-13(2)17-16(10-12)21(7-8-26-3)19(27-17)20-18(23)14-5-4-6-15(11-14)22(24)25/h4-6,9-11H,7-8H2,1-3H3. The van der Waals surface area contributed by atoms with E-state index in [9.17, 15) is 14.9 Å². The third kappa shape index (κ3) is 3.96. The monoisotopic (exact) mass is 385 g/mol. The van der Waals surface area contributed by atoms with Crippen LogP contribution >= 0.6 is 11.3 Å². The van der Waals surface area contributed by atoms with E-state index < -0.39 is 10.8 Å². The van der Waals surface area contributed by atoms with Crippen LogP contribution in [-0.2, 0) is 11.3 Å². The number of hydrogen-bond acceptors (Lipinski definition) is 5. The van der Waals surface area contributed by atoms with Crippen molar-refractivity contribution in [2.24, 2.45) is 4.99 Å². The summed E-state index contributed by atoms with van der Waals surface area (Å²) in [5, 5.41) is 10.9. The van der Waals surface area contributed by atoms with Crippen molar-refractivity contribution in [3.05, 3.63) is 68.0 Å². The van der Waals surface area contributed by atoms with Gasteiger partial charge in [0.1, 0.15) is 0 Å². The van der Waals surface area contributed by atoms with Crippen LogP contribution < -0.4 is 4.80 Å². The van der Waals surface area contributed by atoms with Crippen LogP contribution in [0.3, 0.4) is 0 Å². The third-order valence-electron chi connectivity index (χ3n) is 4.13. The smallest absolute Gasteiger partial charge is 0.279 e. The molecule has 0 aliphatic heterocycles. The largest absolute Gasteiger partial charge is 0.383 e. The van der Waals surface area contributed by atoms with Gasteiger partial charge in [-0.05, 0) is 37.1 Å². The summed E-state index contributed by atoms with van der Waals surface area (Å²) in [4.78, 5) is 27.8. The van der Waals surface area contributed by atoms with E-state index in [-0.39, 0.29) is 11.3 Å². The van der Waals surface area contributed by atoms with E-state index >= 15 is 0 Å². The number of thiazole rings is 1. The van der Waals surface area contributed by atoms with Crippen molar-refractivity contribution in [1.82, 2.24) is 4.57 Å². The van der Waals surface area contributed by atoms with Gasteiger partial charge in [0.25, 0.3) is 11.6 Å². The van der Waals surface area contributed by atoms with Crippen molar-refractivity contribution in [1.29, 1.82) is 0 Å². The van der Waals surface area contributed by atoms with E-state index in [4.69, 9.17) is 4.74 Å². The van der Waals surface area contributed by atoms with Gasteiger partial charge < -0.3 is 9.30 Å². The predicted molar refractivity (Wildman–Crippen MR) is 104 cm³/mol. The number of aryl methyl sites for hydroxylation is 2. The molecule has 1 aromatic heterocycles. The van der Waals surface area contributed by atoms with Gasteiger partial charge in [-0.3, -0.25) is 14.9 Å². The van der Waals surface area contributed by atoms with Crippen LogP contribution in [-0.4, -0.2) is 29.1 Å². The molecule has 0 fully saturated rings. The second kappa shape index (κ2) is 7.81. The first-order valence-corrected chi connectivity index (χ1v) is 9.15. The molecule has 27 heavy (non-hydrogen) atoms. The van der Waals surface area contributed by atoms with Crippen LogP contribution in [0.5, 0.6) is 0 Å². The van der Waals surface area contributed by atoms with Crippen molar-refractivity contribution in [3.63, 3.8) is 0 Å². The molecule has 2 aromatic carbocycles. The molecule has 0 atom stereocenters.